The van der Waals surface area contributed by atoms with Gasteiger partial charge in [-0.25, -0.2) is 4.79 Å². The number of benzene rings is 3. The fraction of sp³-hybridized carbons (Fsp3) is 0.0909. The smallest absolute Gasteiger partial charge is 0.356 e. The molecule has 0 saturated carbocycles. The number of fused-ring (bicyclic) bond motifs is 1. The van der Waals surface area contributed by atoms with Crippen LogP contribution in [-0.4, -0.2) is 17.0 Å². The Morgan fingerprint density at radius 3 is 2.39 bits per heavy atom. The normalized spacial score (nSPS) is 18.4. The number of aliphatic carboxylic acids is 1. The first kappa shape index (κ1) is 18.1. The van der Waals surface area contributed by atoms with Gasteiger partial charge < -0.3 is 10.4 Å². The van der Waals surface area contributed by atoms with Crippen molar-refractivity contribution in [2.24, 2.45) is 0 Å². The molecular formula is C22H17ClN2O3. The molecule has 4 rings (SSSR count). The number of anilines is 2. The summed E-state index contributed by atoms with van der Waals surface area (Å²) in [6.07, 6.45) is 0. The summed E-state index contributed by atoms with van der Waals surface area (Å²) in [6.45, 7) is 1.85. The van der Waals surface area contributed by atoms with Gasteiger partial charge >= 0.3 is 5.97 Å². The molecule has 3 aromatic rings. The van der Waals surface area contributed by atoms with Gasteiger partial charge in [0.1, 0.15) is 0 Å². The number of carboxylic acid groups (broad SMARTS) is 1. The molecule has 0 spiro atoms. The first-order valence-corrected chi connectivity index (χ1v) is 9.10. The van der Waals surface area contributed by atoms with Crippen LogP contribution in [0.15, 0.2) is 72.8 Å². The zero-order valence-electron chi connectivity index (χ0n) is 15.0. The maximum atomic E-state index is 13.5. The zero-order valence-corrected chi connectivity index (χ0v) is 15.8. The Hall–Kier alpha value is -3.31. The summed E-state index contributed by atoms with van der Waals surface area (Å²) in [4.78, 5) is 27.4. The molecule has 6 heteroatoms. The van der Waals surface area contributed by atoms with Crippen molar-refractivity contribution in [2.75, 3.05) is 10.2 Å². The highest BCUT2D eigenvalue weighted by Gasteiger charge is 2.53. The van der Waals surface area contributed by atoms with Gasteiger partial charge in [0.05, 0.1) is 5.56 Å². The Bertz CT molecular complexity index is 1080. The Kier molecular flexibility index (Phi) is 4.32. The van der Waals surface area contributed by atoms with E-state index < -0.39 is 17.5 Å². The van der Waals surface area contributed by atoms with Crippen LogP contribution in [0, 0.1) is 6.92 Å². The van der Waals surface area contributed by atoms with Crippen LogP contribution in [0.1, 0.15) is 21.5 Å². The lowest BCUT2D eigenvalue weighted by molar-refractivity contribution is -0.142. The summed E-state index contributed by atoms with van der Waals surface area (Å²) in [5.74, 6) is -1.61. The van der Waals surface area contributed by atoms with Crippen molar-refractivity contribution < 1.29 is 14.7 Å². The minimum Gasteiger partial charge on any atom is -0.478 e. The molecule has 0 radical (unpaired) electrons. The first-order chi connectivity index (χ1) is 13.4. The van der Waals surface area contributed by atoms with E-state index >= 15 is 0 Å². The molecule has 28 heavy (non-hydrogen) atoms. The van der Waals surface area contributed by atoms with E-state index in [0.29, 0.717) is 27.5 Å². The van der Waals surface area contributed by atoms with Crippen LogP contribution in [-0.2, 0) is 10.5 Å². The number of rotatable bonds is 3. The fourth-order valence-corrected chi connectivity index (χ4v) is 3.66. The Labute approximate surface area is 167 Å². The van der Waals surface area contributed by atoms with E-state index in [1.165, 1.54) is 4.90 Å². The van der Waals surface area contributed by atoms with Crippen molar-refractivity contribution in [1.82, 2.24) is 0 Å². The van der Waals surface area contributed by atoms with Crippen LogP contribution in [0.2, 0.25) is 5.02 Å². The standard InChI is InChI=1S/C22H17ClN2O3/c1-14-11-12-16(13-18(14)23)25-20(26)17-9-5-6-10-19(17)24-22(25,21(27)28)15-7-3-2-4-8-15/h2-13,24H,1H3,(H,27,28)/t22-/m1/s1. The van der Waals surface area contributed by atoms with Gasteiger partial charge in [-0.2, -0.15) is 0 Å². The summed E-state index contributed by atoms with van der Waals surface area (Å²) < 4.78 is 0. The maximum absolute atomic E-state index is 13.5. The molecule has 1 amide bonds. The third-order valence-electron chi connectivity index (χ3n) is 4.93. The number of hydrogen-bond acceptors (Lipinski definition) is 3. The van der Waals surface area contributed by atoms with E-state index in [0.717, 1.165) is 5.56 Å². The van der Waals surface area contributed by atoms with Crippen molar-refractivity contribution >= 4 is 34.9 Å². The highest BCUT2D eigenvalue weighted by atomic mass is 35.5. The minimum absolute atomic E-state index is 0.395. The van der Waals surface area contributed by atoms with Gasteiger partial charge in [0, 0.05) is 22.0 Å². The number of carbonyl (C=O) groups is 2. The molecule has 2 N–H and O–H groups in total. The number of nitrogens with one attached hydrogen (secondary N) is 1. The molecule has 0 fully saturated rings. The summed E-state index contributed by atoms with van der Waals surface area (Å²) in [5, 5.41) is 13.9. The molecule has 1 heterocycles. The largest absolute Gasteiger partial charge is 0.478 e. The van der Waals surface area contributed by atoms with Crippen LogP contribution in [0.4, 0.5) is 11.4 Å². The topological polar surface area (TPSA) is 69.6 Å². The number of para-hydroxylation sites is 1. The summed E-state index contributed by atoms with van der Waals surface area (Å²) in [7, 11) is 0. The van der Waals surface area contributed by atoms with Gasteiger partial charge in [-0.15, -0.1) is 0 Å². The monoisotopic (exact) mass is 392 g/mol. The molecule has 1 atom stereocenters. The summed E-state index contributed by atoms with van der Waals surface area (Å²) >= 11 is 6.29. The second-order valence-electron chi connectivity index (χ2n) is 6.63. The number of carboxylic acids is 1. The van der Waals surface area contributed by atoms with Gasteiger partial charge in [0.15, 0.2) is 0 Å². The number of aryl methyl sites for hydroxylation is 1. The average Bonchev–Trinajstić information content (AvgIpc) is 2.70. The van der Waals surface area contributed by atoms with E-state index in [1.54, 1.807) is 72.8 Å². The predicted octanol–water partition coefficient (Wildman–Crippen LogP) is 4.66. The minimum atomic E-state index is -1.81. The highest BCUT2D eigenvalue weighted by Crippen LogP contribution is 2.42. The van der Waals surface area contributed by atoms with Gasteiger partial charge in [0.25, 0.3) is 5.91 Å². The molecule has 1 aliphatic rings. The Morgan fingerprint density at radius 2 is 1.71 bits per heavy atom. The van der Waals surface area contributed by atoms with E-state index in [4.69, 9.17) is 11.6 Å². The second kappa shape index (κ2) is 6.69. The lowest BCUT2D eigenvalue weighted by Gasteiger charge is -2.45. The van der Waals surface area contributed by atoms with Gasteiger partial charge in [-0.05, 0) is 36.8 Å². The Morgan fingerprint density at radius 1 is 1.04 bits per heavy atom. The predicted molar refractivity (Wildman–Crippen MR) is 109 cm³/mol. The molecular weight excluding hydrogens is 376 g/mol. The average molecular weight is 393 g/mol. The van der Waals surface area contributed by atoms with Crippen molar-refractivity contribution in [2.45, 2.75) is 12.6 Å². The highest BCUT2D eigenvalue weighted by molar-refractivity contribution is 6.31. The van der Waals surface area contributed by atoms with Gasteiger partial charge in [0.2, 0.25) is 5.66 Å². The number of amides is 1. The van der Waals surface area contributed by atoms with Gasteiger partial charge in [-0.3, -0.25) is 9.69 Å². The lowest BCUT2D eigenvalue weighted by Crippen LogP contribution is -2.62. The lowest BCUT2D eigenvalue weighted by atomic mass is 9.91. The van der Waals surface area contributed by atoms with Gasteiger partial charge in [-0.1, -0.05) is 60.1 Å². The molecule has 0 unspecified atom stereocenters. The van der Waals surface area contributed by atoms with E-state index in [9.17, 15) is 14.7 Å². The van der Waals surface area contributed by atoms with E-state index in [1.807, 2.05) is 6.92 Å². The number of halogens is 1. The van der Waals surface area contributed by atoms with Crippen LogP contribution in [0.25, 0.3) is 0 Å². The maximum Gasteiger partial charge on any atom is 0.356 e. The van der Waals surface area contributed by atoms with Crippen molar-refractivity contribution in [3.05, 3.63) is 94.5 Å². The third kappa shape index (κ3) is 2.63. The first-order valence-electron chi connectivity index (χ1n) is 8.72. The molecule has 0 aliphatic carbocycles. The van der Waals surface area contributed by atoms with Crippen LogP contribution in [0.5, 0.6) is 0 Å². The SMILES string of the molecule is Cc1ccc(N2C(=O)c3ccccc3N[C@]2(C(=O)O)c2ccccc2)cc1Cl. The molecule has 0 bridgehead atoms. The number of nitrogens with zero attached hydrogens (tertiary/aromatic N) is 1. The molecule has 1 aliphatic heterocycles. The van der Waals surface area contributed by atoms with E-state index in [-0.39, 0.29) is 0 Å². The van der Waals surface area contributed by atoms with Crippen LogP contribution < -0.4 is 10.2 Å². The number of carbonyl (C=O) groups excluding carboxylic acids is 1. The van der Waals surface area contributed by atoms with Crippen LogP contribution in [0.3, 0.4) is 0 Å². The summed E-state index contributed by atoms with van der Waals surface area (Å²) in [6, 6.07) is 20.6. The quantitative estimate of drug-likeness (QED) is 0.680. The molecule has 140 valence electrons. The second-order valence-corrected chi connectivity index (χ2v) is 7.03. The molecule has 3 aromatic carbocycles. The van der Waals surface area contributed by atoms with Crippen LogP contribution >= 0.6 is 11.6 Å². The van der Waals surface area contributed by atoms with Crippen molar-refractivity contribution in [1.29, 1.82) is 0 Å². The molecule has 0 saturated heterocycles. The fourth-order valence-electron chi connectivity index (χ4n) is 3.49. The van der Waals surface area contributed by atoms with Crippen molar-refractivity contribution in [3.63, 3.8) is 0 Å². The van der Waals surface area contributed by atoms with Crippen molar-refractivity contribution in [3.8, 4) is 0 Å². The number of hydrogen-bond donors (Lipinski definition) is 2. The summed E-state index contributed by atoms with van der Waals surface area (Å²) in [5.41, 5.74) is 0.714. The Balaban J connectivity index is 2.04. The molecule has 0 aromatic heterocycles. The molecule has 5 nitrogen and oxygen atoms in total. The zero-order chi connectivity index (χ0) is 19.9. The third-order valence-corrected chi connectivity index (χ3v) is 5.33. The van der Waals surface area contributed by atoms with E-state index in [2.05, 4.69) is 5.32 Å².